The number of carboxylic acid groups (broad SMARTS) is 3. The van der Waals surface area contributed by atoms with Gasteiger partial charge in [-0.15, -0.1) is 0 Å². The van der Waals surface area contributed by atoms with Crippen LogP contribution < -0.4 is 15.3 Å². The average Bonchev–Trinajstić information content (AvgIpc) is 2.09. The summed E-state index contributed by atoms with van der Waals surface area (Å²) in [4.78, 5) is 137. The van der Waals surface area contributed by atoms with Gasteiger partial charge in [0.15, 0.2) is 0 Å². The van der Waals surface area contributed by atoms with Crippen LogP contribution in [0.1, 0.15) is 25.7 Å². The van der Waals surface area contributed by atoms with Gasteiger partial charge in [-0.3, -0.25) is 24.3 Å². The SMILES string of the molecule is O.O=C([O-])CN(CCN(CC(=O)[O-])CC(=O)N(CCOC(=O)CO/N=C\C[C@@H](O)[C@H](O)CO)CCOC(=O)CO/N=C/C[C@@H](O)[C@H](O)CO)CCN(CC(=O)[O-])CC(=O)N(CCOC(=O)CO/N=C\C[C@@H](O)[C@H](O)CO)CCOC(=O)CO/N=C/C[C@@H](O)[C@H](O)CO.[Gd+3]. The van der Waals surface area contributed by atoms with Crippen molar-refractivity contribution in [1.82, 2.24) is 24.5 Å². The Labute approximate surface area is 563 Å². The molecule has 0 aliphatic heterocycles. The van der Waals surface area contributed by atoms with Crippen LogP contribution in [0.4, 0.5) is 0 Å². The van der Waals surface area contributed by atoms with E-state index in [9.17, 15) is 99.3 Å². The molecule has 0 rings (SSSR count). The second kappa shape index (κ2) is 56.2. The maximum atomic E-state index is 13.8. The molecule has 0 spiro atoms. The van der Waals surface area contributed by atoms with Gasteiger partial charge in [0.25, 0.3) is 0 Å². The Morgan fingerprint density at radius 2 is 0.559 bits per heavy atom. The summed E-state index contributed by atoms with van der Waals surface area (Å²) in [5.41, 5.74) is 0. The van der Waals surface area contributed by atoms with Gasteiger partial charge in [0.05, 0.1) is 108 Å². The first-order valence-corrected chi connectivity index (χ1v) is 27.6. The van der Waals surface area contributed by atoms with E-state index in [-0.39, 0.29) is 84.2 Å². The molecule has 0 aromatic rings. The molecule has 0 aliphatic rings. The Morgan fingerprint density at radius 3 is 0.774 bits per heavy atom. The van der Waals surface area contributed by atoms with Crippen LogP contribution >= 0.6 is 0 Å². The average molecular weight is 1500 g/mol. The Kier molecular flexibility index (Phi) is 55.0. The maximum Gasteiger partial charge on any atom is 3.00 e. The zero-order valence-corrected chi connectivity index (χ0v) is 52.6. The van der Waals surface area contributed by atoms with Gasteiger partial charge in [0, 0.05) is 96.4 Å². The standard InChI is InChI=1S/C50H85N9O32.Gd.H2O/c60-26-38(68)34(64)1-5-51-88-30-47(80)84-17-13-58(14-18-85-48(81)31-89-52-6-2-35(65)39(69)27-61)42(72)21-56(24-45(76)77)11-9-55(23-44(74)75)10-12-57(25-46(78)79)22-43(73)59(15-19-86-49(82)32-90-53-7-3-36(66)40(70)28-62)16-20-87-50(83)33-91-54-8-4-37(67)41(71)29-63;;/h5-8,34-41,60-71H,1-4,9-33H2,(H,74,75)(H,76,77)(H,78,79);;1H2/q;+3;/p-3/b51-5-,52-6+,53-7-,54-8+;;/t34-,35-,36-,37-,38-,39-,40-,41-;;/m1../s1. The van der Waals surface area contributed by atoms with Crippen LogP contribution in [-0.4, -0.2) is 383 Å². The molecule has 0 aromatic carbocycles. The van der Waals surface area contributed by atoms with Gasteiger partial charge < -0.3 is 145 Å². The molecular weight excluding hydrogens is 1410 g/mol. The van der Waals surface area contributed by atoms with Gasteiger partial charge in [-0.05, 0) is 0 Å². The van der Waals surface area contributed by atoms with Crippen LogP contribution in [0.5, 0.6) is 0 Å². The van der Waals surface area contributed by atoms with Crippen molar-refractivity contribution in [2.45, 2.75) is 74.5 Å². The first kappa shape index (κ1) is 91.0. The third-order valence-corrected chi connectivity index (χ3v) is 11.7. The summed E-state index contributed by atoms with van der Waals surface area (Å²) in [6, 6.07) is 0. The van der Waals surface area contributed by atoms with Crippen LogP contribution in [0, 0.1) is 39.9 Å². The number of ether oxygens (including phenoxy) is 4. The molecule has 42 nitrogen and oxygen atoms in total. The van der Waals surface area contributed by atoms with Crippen LogP contribution in [-0.2, 0) is 81.4 Å². The van der Waals surface area contributed by atoms with E-state index in [0.29, 0.717) is 0 Å². The van der Waals surface area contributed by atoms with E-state index in [2.05, 4.69) is 20.6 Å². The molecule has 1 radical (unpaired) electrons. The number of aliphatic hydroxyl groups is 12. The topological polar surface area (TPSA) is 637 Å². The van der Waals surface area contributed by atoms with Crippen molar-refractivity contribution >= 4 is 78.5 Å². The van der Waals surface area contributed by atoms with Crippen LogP contribution in [0.15, 0.2) is 20.6 Å². The molecule has 0 bridgehead atoms. The number of esters is 4. The summed E-state index contributed by atoms with van der Waals surface area (Å²) in [7, 11) is 0. The summed E-state index contributed by atoms with van der Waals surface area (Å²) in [6.07, 6.45) is -8.61. The molecule has 0 saturated carbocycles. The quantitative estimate of drug-likeness (QED) is 0.0116. The van der Waals surface area contributed by atoms with Gasteiger partial charge in [0.1, 0.15) is 50.8 Å². The summed E-state index contributed by atoms with van der Waals surface area (Å²) in [5.74, 6) is -11.0. The van der Waals surface area contributed by atoms with E-state index in [4.69, 9.17) is 58.7 Å². The number of aliphatic hydroxyl groups excluding tert-OH is 12. The molecule has 0 aromatic heterocycles. The fourth-order valence-electron chi connectivity index (χ4n) is 6.65. The van der Waals surface area contributed by atoms with Crippen molar-refractivity contribution in [3.8, 4) is 0 Å². The predicted octanol–water partition coefficient (Wildman–Crippen LogP) is -15.4. The number of carbonyl (C=O) groups is 9. The van der Waals surface area contributed by atoms with Gasteiger partial charge in [-0.2, -0.15) is 0 Å². The fourth-order valence-corrected chi connectivity index (χ4v) is 6.65. The van der Waals surface area contributed by atoms with Crippen molar-refractivity contribution in [2.24, 2.45) is 20.6 Å². The minimum atomic E-state index is -1.72. The second-order valence-electron chi connectivity index (χ2n) is 18.9. The molecular formula is C50H84GdN9O33. The predicted molar refractivity (Wildman–Crippen MR) is 298 cm³/mol. The molecule has 93 heavy (non-hydrogen) atoms. The zero-order chi connectivity index (χ0) is 68.5. The molecule has 14 N–H and O–H groups in total. The van der Waals surface area contributed by atoms with Crippen molar-refractivity contribution in [2.75, 3.05) is 164 Å². The van der Waals surface area contributed by atoms with Crippen LogP contribution in [0.2, 0.25) is 0 Å². The molecule has 0 fully saturated rings. The molecule has 0 aliphatic carbocycles. The van der Waals surface area contributed by atoms with Gasteiger partial charge in [-0.25, -0.2) is 19.2 Å². The summed E-state index contributed by atoms with van der Waals surface area (Å²) < 4.78 is 20.3. The number of carbonyl (C=O) groups excluding carboxylic acids is 9. The minimum absolute atomic E-state index is 0. The monoisotopic (exact) mass is 1500 g/mol. The fraction of sp³-hybridized carbons (Fsp3) is 0.740. The Hall–Kier alpha value is -6.21. The van der Waals surface area contributed by atoms with E-state index in [1.807, 2.05) is 0 Å². The molecule has 43 heteroatoms. The number of amides is 2. The number of oxime groups is 4. The Bertz CT molecular complexity index is 2010. The smallest absolute Gasteiger partial charge is 0.549 e. The first-order chi connectivity index (χ1) is 43.3. The van der Waals surface area contributed by atoms with Crippen molar-refractivity contribution < 1.29 is 203 Å². The van der Waals surface area contributed by atoms with Crippen molar-refractivity contribution in [3.63, 3.8) is 0 Å². The number of hydrogen-bond donors (Lipinski definition) is 12. The van der Waals surface area contributed by atoms with E-state index in [1.54, 1.807) is 0 Å². The molecule has 0 saturated heterocycles. The number of hydrogen-bond acceptors (Lipinski definition) is 39. The molecule has 8 atom stereocenters. The van der Waals surface area contributed by atoms with E-state index in [1.165, 1.54) is 0 Å². The Balaban J connectivity index is -0.0000405. The third-order valence-electron chi connectivity index (χ3n) is 11.7. The molecule has 0 unspecified atom stereocenters. The molecule has 0 heterocycles. The largest absolute Gasteiger partial charge is 3.00 e. The number of aliphatic carboxylic acids is 3. The van der Waals surface area contributed by atoms with Crippen molar-refractivity contribution in [1.29, 1.82) is 0 Å². The normalized spacial score (nSPS) is 14.1. The molecule has 535 valence electrons. The van der Waals surface area contributed by atoms with Gasteiger partial charge in [-0.1, -0.05) is 20.6 Å². The van der Waals surface area contributed by atoms with Crippen LogP contribution in [0.25, 0.3) is 0 Å². The Morgan fingerprint density at radius 1 is 0.344 bits per heavy atom. The van der Waals surface area contributed by atoms with Crippen molar-refractivity contribution in [3.05, 3.63) is 0 Å². The van der Waals surface area contributed by atoms with E-state index >= 15 is 0 Å². The van der Waals surface area contributed by atoms with Gasteiger partial charge >= 0.3 is 63.8 Å². The third kappa shape index (κ3) is 48.2. The zero-order valence-electron chi connectivity index (χ0n) is 50.3. The summed E-state index contributed by atoms with van der Waals surface area (Å²) in [5, 5.41) is 161. The summed E-state index contributed by atoms with van der Waals surface area (Å²) >= 11 is 0. The van der Waals surface area contributed by atoms with Crippen LogP contribution in [0.3, 0.4) is 0 Å². The minimum Gasteiger partial charge on any atom is -0.549 e. The first-order valence-electron chi connectivity index (χ1n) is 27.6. The maximum absolute atomic E-state index is 13.8. The van der Waals surface area contributed by atoms with E-state index in [0.717, 1.165) is 49.4 Å². The number of carboxylic acids is 3. The number of nitrogens with zero attached hydrogens (tertiary/aromatic N) is 9. The summed E-state index contributed by atoms with van der Waals surface area (Å²) in [6.45, 7) is -16.0. The molecule has 2 amide bonds. The second-order valence-corrected chi connectivity index (χ2v) is 18.9. The van der Waals surface area contributed by atoms with E-state index < -0.39 is 254 Å². The van der Waals surface area contributed by atoms with Gasteiger partial charge in [0.2, 0.25) is 38.2 Å². The number of rotatable bonds is 56.